The second kappa shape index (κ2) is 4.88. The van der Waals surface area contributed by atoms with Crippen molar-refractivity contribution in [3.05, 3.63) is 35.4 Å². The standard InChI is InChI=1S/C14H21N3/c1-9(2)15-13-11-7-5-6-8-12(11)14(17-13)16-10(3)4/h5-10,13,15H,1-4H3,(H,16,17)/t13-/m0/s1. The number of benzene rings is 1. The van der Waals surface area contributed by atoms with Crippen molar-refractivity contribution in [2.45, 2.75) is 45.9 Å². The number of nitrogens with zero attached hydrogens (tertiary/aromatic N) is 1. The Kier molecular flexibility index (Phi) is 3.48. The molecular formula is C14H21N3. The third-order valence-electron chi connectivity index (χ3n) is 2.69. The Balaban J connectivity index is 2.28. The Morgan fingerprint density at radius 2 is 1.76 bits per heavy atom. The zero-order valence-electron chi connectivity index (χ0n) is 11.0. The predicted octanol–water partition coefficient (Wildman–Crippen LogP) is 2.44. The lowest BCUT2D eigenvalue weighted by Gasteiger charge is -2.14. The molecule has 3 nitrogen and oxygen atoms in total. The first kappa shape index (κ1) is 12.1. The fraction of sp³-hybridized carbons (Fsp3) is 0.500. The highest BCUT2D eigenvalue weighted by Crippen LogP contribution is 2.27. The van der Waals surface area contributed by atoms with Gasteiger partial charge in [0.05, 0.1) is 0 Å². The summed E-state index contributed by atoms with van der Waals surface area (Å²) in [5.41, 5.74) is 2.49. The summed E-state index contributed by atoms with van der Waals surface area (Å²) in [6.45, 7) is 8.56. The molecule has 1 aliphatic rings. The van der Waals surface area contributed by atoms with Gasteiger partial charge in [0.15, 0.2) is 0 Å². The average molecular weight is 231 g/mol. The maximum atomic E-state index is 4.73. The molecular weight excluding hydrogens is 210 g/mol. The van der Waals surface area contributed by atoms with E-state index < -0.39 is 0 Å². The molecule has 0 aliphatic carbocycles. The summed E-state index contributed by atoms with van der Waals surface area (Å²) in [5, 5.41) is 6.88. The maximum Gasteiger partial charge on any atom is 0.131 e. The molecule has 1 aromatic carbocycles. The van der Waals surface area contributed by atoms with Gasteiger partial charge in [-0.05, 0) is 27.7 Å². The van der Waals surface area contributed by atoms with Crippen molar-refractivity contribution in [3.8, 4) is 0 Å². The van der Waals surface area contributed by atoms with E-state index in [1.807, 2.05) is 0 Å². The summed E-state index contributed by atoms with van der Waals surface area (Å²) in [5.74, 6) is 1.01. The van der Waals surface area contributed by atoms with Crippen LogP contribution in [0.3, 0.4) is 0 Å². The summed E-state index contributed by atoms with van der Waals surface area (Å²) in [6.07, 6.45) is 0.0902. The molecule has 92 valence electrons. The van der Waals surface area contributed by atoms with Gasteiger partial charge in [0, 0.05) is 23.2 Å². The number of hydrogen-bond donors (Lipinski definition) is 2. The largest absolute Gasteiger partial charge is 0.368 e. The van der Waals surface area contributed by atoms with Crippen LogP contribution >= 0.6 is 0 Å². The third kappa shape index (κ3) is 2.67. The molecule has 17 heavy (non-hydrogen) atoms. The second-order valence-electron chi connectivity index (χ2n) is 5.09. The van der Waals surface area contributed by atoms with Crippen molar-refractivity contribution >= 4 is 5.84 Å². The number of nitrogens with one attached hydrogen (secondary N) is 2. The lowest BCUT2D eigenvalue weighted by atomic mass is 10.1. The summed E-state index contributed by atoms with van der Waals surface area (Å²) in [4.78, 5) is 4.73. The summed E-state index contributed by atoms with van der Waals surface area (Å²) < 4.78 is 0. The molecule has 1 aliphatic heterocycles. The van der Waals surface area contributed by atoms with Crippen LogP contribution in [0.25, 0.3) is 0 Å². The monoisotopic (exact) mass is 231 g/mol. The van der Waals surface area contributed by atoms with Gasteiger partial charge in [-0.1, -0.05) is 24.3 Å². The van der Waals surface area contributed by atoms with Gasteiger partial charge in [-0.25, -0.2) is 4.99 Å². The number of fused-ring (bicyclic) bond motifs is 1. The van der Waals surface area contributed by atoms with Crippen molar-refractivity contribution in [3.63, 3.8) is 0 Å². The fourth-order valence-electron chi connectivity index (χ4n) is 2.05. The zero-order chi connectivity index (χ0) is 12.4. The predicted molar refractivity (Wildman–Crippen MR) is 72.3 cm³/mol. The third-order valence-corrected chi connectivity index (χ3v) is 2.69. The SMILES string of the molecule is CC(C)NC1=N[C@H](NC(C)C)c2ccccc21. The van der Waals surface area contributed by atoms with Crippen molar-refractivity contribution in [2.24, 2.45) is 4.99 Å². The van der Waals surface area contributed by atoms with E-state index in [4.69, 9.17) is 4.99 Å². The molecule has 1 aromatic rings. The van der Waals surface area contributed by atoms with E-state index in [0.717, 1.165) is 5.84 Å². The van der Waals surface area contributed by atoms with Crippen LogP contribution in [-0.2, 0) is 0 Å². The lowest BCUT2D eigenvalue weighted by molar-refractivity contribution is 0.497. The van der Waals surface area contributed by atoms with Crippen molar-refractivity contribution in [2.75, 3.05) is 0 Å². The van der Waals surface area contributed by atoms with Crippen LogP contribution in [-0.4, -0.2) is 17.9 Å². The maximum absolute atomic E-state index is 4.73. The minimum Gasteiger partial charge on any atom is -0.368 e. The second-order valence-corrected chi connectivity index (χ2v) is 5.09. The summed E-state index contributed by atoms with van der Waals surface area (Å²) in [7, 11) is 0. The number of amidine groups is 1. The van der Waals surface area contributed by atoms with E-state index in [9.17, 15) is 0 Å². The van der Waals surface area contributed by atoms with Gasteiger partial charge in [-0.2, -0.15) is 0 Å². The van der Waals surface area contributed by atoms with E-state index in [1.165, 1.54) is 11.1 Å². The fourth-order valence-corrected chi connectivity index (χ4v) is 2.05. The molecule has 0 amide bonds. The van der Waals surface area contributed by atoms with Crippen LogP contribution in [0.4, 0.5) is 0 Å². The molecule has 3 heteroatoms. The Hall–Kier alpha value is -1.35. The van der Waals surface area contributed by atoms with Crippen LogP contribution in [0.15, 0.2) is 29.3 Å². The van der Waals surface area contributed by atoms with Gasteiger partial charge < -0.3 is 5.32 Å². The molecule has 0 saturated heterocycles. The molecule has 2 N–H and O–H groups in total. The van der Waals surface area contributed by atoms with Crippen LogP contribution in [0.1, 0.15) is 45.0 Å². The van der Waals surface area contributed by atoms with Crippen molar-refractivity contribution in [1.29, 1.82) is 0 Å². The van der Waals surface area contributed by atoms with Crippen LogP contribution < -0.4 is 10.6 Å². The zero-order valence-corrected chi connectivity index (χ0v) is 11.0. The van der Waals surface area contributed by atoms with Crippen molar-refractivity contribution < 1.29 is 0 Å². The molecule has 0 radical (unpaired) electrons. The Morgan fingerprint density at radius 3 is 2.41 bits per heavy atom. The molecule has 0 spiro atoms. The summed E-state index contributed by atoms with van der Waals surface area (Å²) >= 11 is 0. The summed E-state index contributed by atoms with van der Waals surface area (Å²) in [6, 6.07) is 9.24. The normalized spacial score (nSPS) is 18.5. The topological polar surface area (TPSA) is 36.4 Å². The van der Waals surface area contributed by atoms with E-state index in [-0.39, 0.29) is 6.17 Å². The highest BCUT2D eigenvalue weighted by molar-refractivity contribution is 6.02. The van der Waals surface area contributed by atoms with Gasteiger partial charge in [0.25, 0.3) is 0 Å². The molecule has 2 rings (SSSR count). The molecule has 0 bridgehead atoms. The van der Waals surface area contributed by atoms with Gasteiger partial charge >= 0.3 is 0 Å². The highest BCUT2D eigenvalue weighted by atomic mass is 15.2. The quantitative estimate of drug-likeness (QED) is 0.838. The number of hydrogen-bond acceptors (Lipinski definition) is 3. The van der Waals surface area contributed by atoms with E-state index >= 15 is 0 Å². The Labute approximate surface area is 103 Å². The minimum atomic E-state index is 0.0902. The van der Waals surface area contributed by atoms with E-state index in [1.54, 1.807) is 0 Å². The Bertz CT molecular complexity index is 421. The molecule has 0 saturated carbocycles. The minimum absolute atomic E-state index is 0.0902. The molecule has 1 heterocycles. The first-order chi connectivity index (χ1) is 8.08. The first-order valence-electron chi connectivity index (χ1n) is 6.27. The smallest absolute Gasteiger partial charge is 0.131 e. The van der Waals surface area contributed by atoms with Crippen molar-refractivity contribution in [1.82, 2.24) is 10.6 Å². The highest BCUT2D eigenvalue weighted by Gasteiger charge is 2.24. The number of rotatable bonds is 3. The van der Waals surface area contributed by atoms with E-state index in [2.05, 4.69) is 62.6 Å². The Morgan fingerprint density at radius 1 is 1.06 bits per heavy atom. The van der Waals surface area contributed by atoms with Gasteiger partial charge in [0.1, 0.15) is 12.0 Å². The molecule has 0 unspecified atom stereocenters. The van der Waals surface area contributed by atoms with Crippen LogP contribution in [0.2, 0.25) is 0 Å². The molecule has 0 aromatic heterocycles. The first-order valence-corrected chi connectivity index (χ1v) is 6.27. The number of aliphatic imine (C=N–C) groups is 1. The molecule has 1 atom stereocenters. The molecule has 0 fully saturated rings. The average Bonchev–Trinajstić information content (AvgIpc) is 2.56. The lowest BCUT2D eigenvalue weighted by Crippen LogP contribution is -2.30. The van der Waals surface area contributed by atoms with Gasteiger partial charge in [-0.3, -0.25) is 5.32 Å². The van der Waals surface area contributed by atoms with Gasteiger partial charge in [0.2, 0.25) is 0 Å². The van der Waals surface area contributed by atoms with Crippen LogP contribution in [0, 0.1) is 0 Å². The van der Waals surface area contributed by atoms with Gasteiger partial charge in [-0.15, -0.1) is 0 Å². The van der Waals surface area contributed by atoms with Crippen LogP contribution in [0.5, 0.6) is 0 Å². The van der Waals surface area contributed by atoms with E-state index in [0.29, 0.717) is 12.1 Å².